The van der Waals surface area contributed by atoms with Crippen LogP contribution in [0, 0.1) is 0 Å². The van der Waals surface area contributed by atoms with E-state index in [0.717, 1.165) is 40.4 Å². The van der Waals surface area contributed by atoms with Gasteiger partial charge in [0.2, 0.25) is 0 Å². The fourth-order valence-electron chi connectivity index (χ4n) is 1.84. The maximum atomic E-state index is 5.80. The van der Waals surface area contributed by atoms with Crippen molar-refractivity contribution in [1.29, 1.82) is 0 Å². The average Bonchev–Trinajstić information content (AvgIpc) is 2.87. The molecule has 5 heteroatoms. The lowest BCUT2D eigenvalue weighted by molar-refractivity contribution is 0.414. The van der Waals surface area contributed by atoms with Crippen LogP contribution in [0.15, 0.2) is 33.3 Å². The van der Waals surface area contributed by atoms with E-state index in [-0.39, 0.29) is 0 Å². The first kappa shape index (κ1) is 15.1. The number of hydrogen-bond donors (Lipinski definition) is 1. The lowest BCUT2D eigenvalue weighted by atomic mass is 10.2. The number of benzene rings is 1. The van der Waals surface area contributed by atoms with Crippen LogP contribution in [0.3, 0.4) is 0 Å². The molecule has 0 fully saturated rings. The van der Waals surface area contributed by atoms with Gasteiger partial charge in [0.15, 0.2) is 11.7 Å². The molecule has 20 heavy (non-hydrogen) atoms. The Hall–Kier alpha value is -1.33. The Bertz CT molecular complexity index is 567. The van der Waals surface area contributed by atoms with E-state index < -0.39 is 0 Å². The topological polar surface area (TPSA) is 47.3 Å². The number of oxazole rings is 1. The molecule has 108 valence electrons. The van der Waals surface area contributed by atoms with Crippen LogP contribution in [0.2, 0.25) is 0 Å². The monoisotopic (exact) mass is 338 g/mol. The van der Waals surface area contributed by atoms with Crippen molar-refractivity contribution < 1.29 is 9.15 Å². The second-order valence-corrected chi connectivity index (χ2v) is 5.68. The summed E-state index contributed by atoms with van der Waals surface area (Å²) in [6, 6.07) is 6.24. The van der Waals surface area contributed by atoms with E-state index in [1.165, 1.54) is 0 Å². The second-order valence-electron chi connectivity index (χ2n) is 4.82. The molecule has 0 spiro atoms. The van der Waals surface area contributed by atoms with E-state index in [9.17, 15) is 0 Å². The predicted octanol–water partition coefficient (Wildman–Crippen LogP) is 3.65. The van der Waals surface area contributed by atoms with Crippen molar-refractivity contribution in [3.8, 4) is 17.1 Å². The van der Waals surface area contributed by atoms with E-state index in [4.69, 9.17) is 9.15 Å². The minimum atomic E-state index is 0.469. The smallest absolute Gasteiger partial charge is 0.196 e. The first-order valence-electron chi connectivity index (χ1n) is 6.62. The lowest BCUT2D eigenvalue weighted by Gasteiger charge is -2.06. The third-order valence-corrected chi connectivity index (χ3v) is 3.58. The number of nitrogens with zero attached hydrogens (tertiary/aromatic N) is 1. The summed E-state index contributed by atoms with van der Waals surface area (Å²) in [6.07, 6.45) is 2.53. The molecule has 0 bridgehead atoms. The summed E-state index contributed by atoms with van der Waals surface area (Å²) in [6.45, 7) is 5.10. The van der Waals surface area contributed by atoms with Gasteiger partial charge in [-0.05, 0) is 18.2 Å². The van der Waals surface area contributed by atoms with Crippen LogP contribution in [-0.2, 0) is 6.42 Å². The molecular weight excluding hydrogens is 320 g/mol. The molecule has 0 saturated heterocycles. The highest BCUT2D eigenvalue weighted by Gasteiger charge is 2.11. The highest BCUT2D eigenvalue weighted by Crippen LogP contribution is 2.32. The van der Waals surface area contributed by atoms with Crippen LogP contribution in [-0.4, -0.2) is 24.7 Å². The Labute approximate surface area is 127 Å². The Morgan fingerprint density at radius 1 is 1.40 bits per heavy atom. The number of methoxy groups -OCH3 is 1. The molecule has 1 aromatic carbocycles. The van der Waals surface area contributed by atoms with E-state index >= 15 is 0 Å². The number of ether oxygens (including phenoxy) is 1. The molecule has 2 rings (SSSR count). The molecule has 0 aliphatic rings. The number of nitrogens with one attached hydrogen (secondary N) is 1. The van der Waals surface area contributed by atoms with E-state index in [1.807, 2.05) is 18.2 Å². The maximum absolute atomic E-state index is 5.80. The summed E-state index contributed by atoms with van der Waals surface area (Å²) in [5.41, 5.74) is 0.944. The maximum Gasteiger partial charge on any atom is 0.196 e. The first-order chi connectivity index (χ1) is 9.60. The molecule has 4 nitrogen and oxygen atoms in total. The summed E-state index contributed by atoms with van der Waals surface area (Å²) < 4.78 is 12.0. The van der Waals surface area contributed by atoms with Crippen LogP contribution >= 0.6 is 15.9 Å². The summed E-state index contributed by atoms with van der Waals surface area (Å²) in [7, 11) is 1.65. The van der Waals surface area contributed by atoms with Gasteiger partial charge >= 0.3 is 0 Å². The zero-order chi connectivity index (χ0) is 14.5. The molecule has 1 N–H and O–H groups in total. The van der Waals surface area contributed by atoms with Gasteiger partial charge in [0.25, 0.3) is 0 Å². The van der Waals surface area contributed by atoms with Crippen molar-refractivity contribution in [3.63, 3.8) is 0 Å². The van der Waals surface area contributed by atoms with Gasteiger partial charge < -0.3 is 14.5 Å². The fourth-order valence-corrected chi connectivity index (χ4v) is 2.28. The molecule has 0 amide bonds. The fraction of sp³-hybridized carbons (Fsp3) is 0.400. The standard InChI is InChI=1S/C15H19BrN2O2/c1-10(2)17-7-6-15-18-9-14(20-15)12-8-11(19-3)4-5-13(12)16/h4-5,8-10,17H,6-7H2,1-3H3. The molecular formula is C15H19BrN2O2. The summed E-state index contributed by atoms with van der Waals surface area (Å²) >= 11 is 3.52. The summed E-state index contributed by atoms with van der Waals surface area (Å²) in [5.74, 6) is 2.28. The minimum absolute atomic E-state index is 0.469. The number of hydrogen-bond acceptors (Lipinski definition) is 4. The van der Waals surface area contributed by atoms with Crippen LogP contribution < -0.4 is 10.1 Å². The SMILES string of the molecule is COc1ccc(Br)c(-c2cnc(CCNC(C)C)o2)c1. The van der Waals surface area contributed by atoms with Crippen molar-refractivity contribution in [2.45, 2.75) is 26.3 Å². The van der Waals surface area contributed by atoms with E-state index in [1.54, 1.807) is 13.3 Å². The van der Waals surface area contributed by atoms with Crippen molar-refractivity contribution in [2.75, 3.05) is 13.7 Å². The Morgan fingerprint density at radius 2 is 2.20 bits per heavy atom. The quantitative estimate of drug-likeness (QED) is 0.873. The zero-order valence-corrected chi connectivity index (χ0v) is 13.5. The van der Waals surface area contributed by atoms with Gasteiger partial charge in [0, 0.05) is 29.0 Å². The Balaban J connectivity index is 2.12. The highest BCUT2D eigenvalue weighted by atomic mass is 79.9. The van der Waals surface area contributed by atoms with Gasteiger partial charge in [-0.1, -0.05) is 29.8 Å². The van der Waals surface area contributed by atoms with Crippen molar-refractivity contribution in [1.82, 2.24) is 10.3 Å². The van der Waals surface area contributed by atoms with Gasteiger partial charge in [-0.2, -0.15) is 0 Å². The summed E-state index contributed by atoms with van der Waals surface area (Å²) in [5, 5.41) is 3.34. The van der Waals surface area contributed by atoms with Crippen molar-refractivity contribution in [2.24, 2.45) is 0 Å². The molecule has 2 aromatic rings. The van der Waals surface area contributed by atoms with Gasteiger partial charge in [-0.15, -0.1) is 0 Å². The van der Waals surface area contributed by atoms with Gasteiger partial charge in [0.05, 0.1) is 13.3 Å². The van der Waals surface area contributed by atoms with Crippen LogP contribution in [0.4, 0.5) is 0 Å². The van der Waals surface area contributed by atoms with Crippen LogP contribution in [0.5, 0.6) is 5.75 Å². The first-order valence-corrected chi connectivity index (χ1v) is 7.41. The molecule has 0 aliphatic carbocycles. The number of halogens is 1. The van der Waals surface area contributed by atoms with E-state index in [2.05, 4.69) is 40.1 Å². The third-order valence-electron chi connectivity index (χ3n) is 2.88. The van der Waals surface area contributed by atoms with Crippen LogP contribution in [0.25, 0.3) is 11.3 Å². The Morgan fingerprint density at radius 3 is 2.90 bits per heavy atom. The van der Waals surface area contributed by atoms with Gasteiger partial charge in [0.1, 0.15) is 5.75 Å². The number of aromatic nitrogens is 1. The Kier molecular flexibility index (Phi) is 5.20. The second kappa shape index (κ2) is 6.90. The molecule has 1 aromatic heterocycles. The zero-order valence-electron chi connectivity index (χ0n) is 11.9. The highest BCUT2D eigenvalue weighted by molar-refractivity contribution is 9.10. The van der Waals surface area contributed by atoms with Gasteiger partial charge in [-0.3, -0.25) is 0 Å². The predicted molar refractivity (Wildman–Crippen MR) is 83.0 cm³/mol. The van der Waals surface area contributed by atoms with Crippen LogP contribution in [0.1, 0.15) is 19.7 Å². The normalized spacial score (nSPS) is 11.1. The molecule has 1 heterocycles. The van der Waals surface area contributed by atoms with E-state index in [0.29, 0.717) is 6.04 Å². The average molecular weight is 339 g/mol. The molecule has 0 unspecified atom stereocenters. The lowest BCUT2D eigenvalue weighted by Crippen LogP contribution is -2.24. The molecule has 0 aliphatic heterocycles. The third kappa shape index (κ3) is 3.84. The van der Waals surface area contributed by atoms with Crippen molar-refractivity contribution >= 4 is 15.9 Å². The molecule has 0 radical (unpaired) electrons. The van der Waals surface area contributed by atoms with Crippen molar-refractivity contribution in [3.05, 3.63) is 34.8 Å². The number of rotatable bonds is 6. The summed E-state index contributed by atoms with van der Waals surface area (Å²) in [4.78, 5) is 4.32. The van der Waals surface area contributed by atoms with Gasteiger partial charge in [-0.25, -0.2) is 4.98 Å². The molecule has 0 saturated carbocycles. The minimum Gasteiger partial charge on any atom is -0.497 e. The molecule has 0 atom stereocenters. The largest absolute Gasteiger partial charge is 0.497 e.